The number of rotatable bonds is 2. The molecule has 0 spiro atoms. The Bertz CT molecular complexity index is 62.7. The zero-order chi connectivity index (χ0) is 5.70. The number of hydrogen-bond donors (Lipinski definition) is 0. The number of hydrogen-bond acceptors (Lipinski definition) is 0. The summed E-state index contributed by atoms with van der Waals surface area (Å²) in [5.74, 6) is 0. The molecular formula is C2H7B4I. The molecule has 0 amide bonds. The Kier molecular flexibility index (Phi) is 5.86. The van der Waals surface area contributed by atoms with Gasteiger partial charge in [0.05, 0.1) is 0 Å². The molecule has 5 heteroatoms. The second-order valence-electron chi connectivity index (χ2n) is 1.45. The van der Waals surface area contributed by atoms with E-state index in [4.69, 9.17) is 0 Å². The van der Waals surface area contributed by atoms with Crippen LogP contribution in [0.2, 0.25) is 6.32 Å². The van der Waals surface area contributed by atoms with Gasteiger partial charge in [0.15, 0.2) is 0 Å². The summed E-state index contributed by atoms with van der Waals surface area (Å²) < 4.78 is 0.739. The maximum absolute atomic E-state index is 2.42. The molecule has 0 nitrogen and oxygen atoms in total. The van der Waals surface area contributed by atoms with E-state index in [1.165, 1.54) is 6.32 Å². The molecule has 0 aliphatic carbocycles. The summed E-state index contributed by atoms with van der Waals surface area (Å²) in [7, 11) is 2.06. The van der Waals surface area contributed by atoms with Gasteiger partial charge in [-0.05, 0) is 0 Å². The average molecular weight is 201 g/mol. The van der Waals surface area contributed by atoms with Gasteiger partial charge in [0, 0.05) is 0 Å². The van der Waals surface area contributed by atoms with Gasteiger partial charge in [0.1, 0.15) is 0 Å². The molecule has 0 saturated carbocycles. The predicted molar refractivity (Wildman–Crippen MR) is 50.3 cm³/mol. The Morgan fingerprint density at radius 1 is 1.86 bits per heavy atom. The van der Waals surface area contributed by atoms with Crippen LogP contribution in [0.25, 0.3) is 0 Å². The first-order valence-electron chi connectivity index (χ1n) is 2.58. The van der Waals surface area contributed by atoms with Crippen LogP contribution >= 0.6 is 22.4 Å². The third-order valence-electron chi connectivity index (χ3n) is 0.791. The molecular weight excluding hydrogens is 194 g/mol. The van der Waals surface area contributed by atoms with E-state index in [9.17, 15) is 0 Å². The molecule has 0 aliphatic heterocycles. The van der Waals surface area contributed by atoms with Crippen molar-refractivity contribution in [3.8, 4) is 0 Å². The normalized spacial score (nSPS) is 7.71. The third kappa shape index (κ3) is 4.85. The second-order valence-corrected chi connectivity index (χ2v) is 3.05. The van der Waals surface area contributed by atoms with Crippen molar-refractivity contribution < 1.29 is 0 Å². The van der Waals surface area contributed by atoms with E-state index in [-0.39, 0.29) is 0 Å². The van der Waals surface area contributed by atoms with Crippen LogP contribution in [-0.2, 0) is 0 Å². The molecule has 0 heterocycles. The first-order valence-corrected chi connectivity index (χ1v) is 3.82. The number of halogens is 1. The van der Waals surface area contributed by atoms with Crippen molar-refractivity contribution in [2.45, 2.75) is 13.2 Å². The Morgan fingerprint density at radius 2 is 2.43 bits per heavy atom. The van der Waals surface area contributed by atoms with Crippen molar-refractivity contribution in [1.82, 2.24) is 0 Å². The maximum atomic E-state index is 2.42. The van der Waals surface area contributed by atoms with Crippen LogP contribution in [0.1, 0.15) is 6.92 Å². The standard InChI is InChI=1S/C2H7B4I/c1-2-6(7)5-4-3/h2-3H2,1H3. The van der Waals surface area contributed by atoms with Crippen molar-refractivity contribution >= 4 is 48.0 Å². The van der Waals surface area contributed by atoms with Crippen molar-refractivity contribution in [1.29, 1.82) is 0 Å². The van der Waals surface area contributed by atoms with Crippen molar-refractivity contribution in [3.63, 3.8) is 0 Å². The van der Waals surface area contributed by atoms with Gasteiger partial charge in [-0.15, -0.1) is 0 Å². The molecule has 0 saturated heterocycles. The van der Waals surface area contributed by atoms with Gasteiger partial charge >= 0.3 is 61.2 Å². The van der Waals surface area contributed by atoms with Crippen LogP contribution in [0.3, 0.4) is 0 Å². The summed E-state index contributed by atoms with van der Waals surface area (Å²) in [6.45, 7) is 6.50. The van der Waals surface area contributed by atoms with E-state index in [0.29, 0.717) is 0 Å². The summed E-state index contributed by atoms with van der Waals surface area (Å²) in [6.07, 6.45) is 1.24. The Labute approximate surface area is 61.3 Å². The van der Waals surface area contributed by atoms with Crippen LogP contribution in [0.15, 0.2) is 0 Å². The summed E-state index contributed by atoms with van der Waals surface area (Å²) in [4.78, 5) is 0. The van der Waals surface area contributed by atoms with Crippen LogP contribution in [0, 0.1) is 0 Å². The third-order valence-corrected chi connectivity index (χ3v) is 2.09. The second kappa shape index (κ2) is 5.13. The quantitative estimate of drug-likeness (QED) is 0.429. The van der Waals surface area contributed by atoms with E-state index in [2.05, 4.69) is 50.4 Å². The summed E-state index contributed by atoms with van der Waals surface area (Å²) in [5.41, 5.74) is 0. The SMILES string of the molecule is BB=BB(I)CC. The molecule has 0 rings (SSSR count). The van der Waals surface area contributed by atoms with Crippen LogP contribution in [0.4, 0.5) is 0 Å². The molecule has 0 fully saturated rings. The fraction of sp³-hybridized carbons (Fsp3) is 1.00. The van der Waals surface area contributed by atoms with Gasteiger partial charge < -0.3 is 0 Å². The van der Waals surface area contributed by atoms with Gasteiger partial charge in [-0.3, -0.25) is 0 Å². The molecule has 0 N–H and O–H groups in total. The molecule has 0 aromatic heterocycles. The van der Waals surface area contributed by atoms with E-state index in [1.807, 2.05) is 0 Å². The monoisotopic (exact) mass is 202 g/mol. The molecule has 0 radical (unpaired) electrons. The Hall–Kier alpha value is 0.990. The fourth-order valence-electron chi connectivity index (χ4n) is 0.345. The van der Waals surface area contributed by atoms with Crippen LogP contribution in [0.5, 0.6) is 0 Å². The molecule has 0 bridgehead atoms. The Morgan fingerprint density at radius 3 is 2.57 bits per heavy atom. The van der Waals surface area contributed by atoms with Gasteiger partial charge in [-0.2, -0.15) is 0 Å². The van der Waals surface area contributed by atoms with Gasteiger partial charge in [-0.1, -0.05) is 0 Å². The molecule has 7 heavy (non-hydrogen) atoms. The van der Waals surface area contributed by atoms with E-state index >= 15 is 0 Å². The molecule has 0 aliphatic rings. The van der Waals surface area contributed by atoms with Crippen molar-refractivity contribution in [3.05, 3.63) is 0 Å². The van der Waals surface area contributed by atoms with E-state index in [1.54, 1.807) is 0 Å². The first kappa shape index (κ1) is 7.99. The summed E-state index contributed by atoms with van der Waals surface area (Å²) in [6, 6.07) is 0. The first-order chi connectivity index (χ1) is 3.31. The fourth-order valence-corrected chi connectivity index (χ4v) is 0.760. The predicted octanol–water partition coefficient (Wildman–Crippen LogP) is -0.199. The minimum absolute atomic E-state index is 0.739. The van der Waals surface area contributed by atoms with Crippen LogP contribution in [-0.4, -0.2) is 25.6 Å². The summed E-state index contributed by atoms with van der Waals surface area (Å²) >= 11 is 2.42. The van der Waals surface area contributed by atoms with Crippen molar-refractivity contribution in [2.24, 2.45) is 0 Å². The zero-order valence-corrected chi connectivity index (χ0v) is 6.97. The van der Waals surface area contributed by atoms with Gasteiger partial charge in [0.2, 0.25) is 0 Å². The average Bonchev–Trinajstić information content (AvgIpc) is 1.68. The van der Waals surface area contributed by atoms with Crippen LogP contribution < -0.4 is 0 Å². The minimum atomic E-state index is 0.739. The Balaban J connectivity index is 3.16. The van der Waals surface area contributed by atoms with Gasteiger partial charge in [-0.25, -0.2) is 0 Å². The zero-order valence-electron chi connectivity index (χ0n) is 4.82. The van der Waals surface area contributed by atoms with E-state index in [0.717, 1.165) is 4.46 Å². The van der Waals surface area contributed by atoms with Crippen molar-refractivity contribution in [2.75, 3.05) is 0 Å². The van der Waals surface area contributed by atoms with Gasteiger partial charge in [0.25, 0.3) is 0 Å². The molecule has 0 aromatic rings. The molecule has 0 aromatic carbocycles. The summed E-state index contributed by atoms with van der Waals surface area (Å²) in [5, 5.41) is 0. The molecule has 0 atom stereocenters. The molecule has 0 unspecified atom stereocenters. The molecule has 34 valence electrons. The van der Waals surface area contributed by atoms with E-state index < -0.39 is 0 Å². The topological polar surface area (TPSA) is 0 Å².